The van der Waals surface area contributed by atoms with E-state index in [1.54, 1.807) is 20.8 Å². The third kappa shape index (κ3) is 15.5. The van der Waals surface area contributed by atoms with Gasteiger partial charge in [-0.15, -0.1) is 0 Å². The zero-order chi connectivity index (χ0) is 24.9. The fraction of sp³-hybridized carbons (Fsp3) is 0.684. The number of ether oxygens (including phenoxy) is 1. The Morgan fingerprint density at radius 1 is 0.750 bits per heavy atom. The summed E-state index contributed by atoms with van der Waals surface area (Å²) in [6.45, 7) is 6.89. The van der Waals surface area contributed by atoms with Gasteiger partial charge in [-0.05, 0) is 33.1 Å². The van der Waals surface area contributed by atoms with Crippen LogP contribution in [0.15, 0.2) is 0 Å². The van der Waals surface area contributed by atoms with Gasteiger partial charge in [0.2, 0.25) is 23.6 Å². The minimum atomic E-state index is -1.17. The summed E-state index contributed by atoms with van der Waals surface area (Å²) in [6, 6.07) is -1.06. The summed E-state index contributed by atoms with van der Waals surface area (Å²) in [5, 5.41) is 20.3. The molecule has 0 rings (SSSR count). The van der Waals surface area contributed by atoms with Crippen LogP contribution in [-0.2, 0) is 28.7 Å². The molecule has 1 atom stereocenters. The topological polar surface area (TPSA) is 192 Å². The number of carboxylic acid groups (broad SMARTS) is 1. The van der Waals surface area contributed by atoms with Gasteiger partial charge in [-0.25, -0.2) is 9.59 Å². The smallest absolute Gasteiger partial charge is 0.408 e. The Hall–Kier alpha value is -3.38. The van der Waals surface area contributed by atoms with E-state index in [2.05, 4.69) is 26.6 Å². The predicted octanol–water partition coefficient (Wildman–Crippen LogP) is -1.52. The zero-order valence-electron chi connectivity index (χ0n) is 19.0. The van der Waals surface area contributed by atoms with E-state index >= 15 is 0 Å². The molecule has 32 heavy (non-hydrogen) atoms. The van der Waals surface area contributed by atoms with Crippen molar-refractivity contribution in [2.24, 2.45) is 5.92 Å². The highest BCUT2D eigenvalue weighted by Gasteiger charge is 2.21. The fourth-order valence-corrected chi connectivity index (χ4v) is 2.13. The number of carbonyl (C=O) groups is 6. The van der Waals surface area contributed by atoms with E-state index < -0.39 is 73.5 Å². The predicted molar refractivity (Wildman–Crippen MR) is 112 cm³/mol. The number of carboxylic acids is 1. The van der Waals surface area contributed by atoms with Crippen molar-refractivity contribution in [2.45, 2.75) is 52.7 Å². The quantitative estimate of drug-likeness (QED) is 0.202. The van der Waals surface area contributed by atoms with Gasteiger partial charge in [0.1, 0.15) is 18.2 Å². The Balaban J connectivity index is 4.10. The maximum absolute atomic E-state index is 11.8. The molecule has 0 bridgehead atoms. The Labute approximate surface area is 186 Å². The van der Waals surface area contributed by atoms with Crippen LogP contribution in [0.25, 0.3) is 0 Å². The zero-order valence-corrected chi connectivity index (χ0v) is 19.0. The Bertz CT molecular complexity index is 702. The van der Waals surface area contributed by atoms with Gasteiger partial charge in [0.15, 0.2) is 0 Å². The first kappa shape index (κ1) is 28.6. The van der Waals surface area contributed by atoms with Gasteiger partial charge in [0, 0.05) is 0 Å². The number of aliphatic carboxylic acids is 1. The van der Waals surface area contributed by atoms with Gasteiger partial charge < -0.3 is 36.4 Å². The molecule has 0 saturated carbocycles. The molecule has 0 spiro atoms. The normalized spacial score (nSPS) is 11.7. The number of amides is 5. The van der Waals surface area contributed by atoms with Crippen LogP contribution in [0.5, 0.6) is 0 Å². The van der Waals surface area contributed by atoms with E-state index in [9.17, 15) is 28.8 Å². The lowest BCUT2D eigenvalue weighted by Gasteiger charge is -2.19. The van der Waals surface area contributed by atoms with E-state index in [0.29, 0.717) is 0 Å². The maximum atomic E-state index is 11.8. The Morgan fingerprint density at radius 2 is 1.16 bits per heavy atom. The van der Waals surface area contributed by atoms with Crippen LogP contribution in [0.2, 0.25) is 0 Å². The lowest BCUT2D eigenvalue weighted by molar-refractivity contribution is -0.142. The Morgan fingerprint density at radius 3 is 1.53 bits per heavy atom. The first-order valence-electron chi connectivity index (χ1n) is 9.98. The van der Waals surface area contributed by atoms with Crippen LogP contribution in [0.4, 0.5) is 4.79 Å². The van der Waals surface area contributed by atoms with E-state index in [-0.39, 0.29) is 12.3 Å². The number of rotatable bonds is 12. The van der Waals surface area contributed by atoms with Crippen LogP contribution in [0, 0.1) is 5.92 Å². The molecular weight excluding hydrogens is 426 g/mol. The van der Waals surface area contributed by atoms with Crippen molar-refractivity contribution in [3.8, 4) is 0 Å². The van der Waals surface area contributed by atoms with Crippen LogP contribution in [0.1, 0.15) is 41.0 Å². The average Bonchev–Trinajstić information content (AvgIpc) is 2.65. The van der Waals surface area contributed by atoms with Gasteiger partial charge in [-0.3, -0.25) is 19.2 Å². The minimum Gasteiger partial charge on any atom is -0.480 e. The molecule has 5 amide bonds. The molecule has 0 radical (unpaired) electrons. The van der Waals surface area contributed by atoms with Gasteiger partial charge in [0.25, 0.3) is 0 Å². The SMILES string of the molecule is CC(C)C[C@H](NC(=O)CNC(=O)CNC(=O)CNC(=O)CNC(=O)OC(C)(C)C)C(=O)O. The lowest BCUT2D eigenvalue weighted by atomic mass is 10.0. The average molecular weight is 460 g/mol. The molecule has 0 aliphatic carbocycles. The van der Waals surface area contributed by atoms with Crippen molar-refractivity contribution in [3.63, 3.8) is 0 Å². The second-order valence-corrected chi connectivity index (χ2v) is 8.27. The number of hydrogen-bond donors (Lipinski definition) is 6. The lowest BCUT2D eigenvalue weighted by Crippen LogP contribution is -2.48. The summed E-state index contributed by atoms with van der Waals surface area (Å²) in [5.74, 6) is -3.78. The van der Waals surface area contributed by atoms with E-state index in [0.717, 1.165) is 0 Å². The highest BCUT2D eigenvalue weighted by atomic mass is 16.6. The maximum Gasteiger partial charge on any atom is 0.408 e. The summed E-state index contributed by atoms with van der Waals surface area (Å²) >= 11 is 0. The molecular formula is C19H33N5O8. The minimum absolute atomic E-state index is 0.0507. The second-order valence-electron chi connectivity index (χ2n) is 8.27. The summed E-state index contributed by atoms with van der Waals surface area (Å²) in [7, 11) is 0. The summed E-state index contributed by atoms with van der Waals surface area (Å²) < 4.78 is 4.96. The Kier molecular flexibility index (Phi) is 12.4. The van der Waals surface area contributed by atoms with E-state index in [4.69, 9.17) is 9.84 Å². The molecule has 0 fully saturated rings. The van der Waals surface area contributed by atoms with Crippen molar-refractivity contribution in [1.29, 1.82) is 0 Å². The summed E-state index contributed by atoms with van der Waals surface area (Å²) in [5.41, 5.74) is -0.715. The largest absolute Gasteiger partial charge is 0.480 e. The highest BCUT2D eigenvalue weighted by molar-refractivity contribution is 5.91. The molecule has 0 heterocycles. The summed E-state index contributed by atoms with van der Waals surface area (Å²) in [4.78, 5) is 69.3. The van der Waals surface area contributed by atoms with Crippen molar-refractivity contribution < 1.29 is 38.6 Å². The standard InChI is InChI=1S/C19H33N5O8/c1-11(2)6-12(17(29)30)24-16(28)10-22-14(26)8-20-13(25)7-21-15(27)9-23-18(31)32-19(3,4)5/h11-12H,6-10H2,1-5H3,(H,20,25)(H,21,27)(H,22,26)(H,23,31)(H,24,28)(H,29,30)/t12-/m0/s1. The molecule has 0 aliphatic rings. The molecule has 0 saturated heterocycles. The van der Waals surface area contributed by atoms with Crippen LogP contribution in [0.3, 0.4) is 0 Å². The molecule has 0 aromatic heterocycles. The van der Waals surface area contributed by atoms with Gasteiger partial charge in [0.05, 0.1) is 19.6 Å². The monoisotopic (exact) mass is 459 g/mol. The van der Waals surface area contributed by atoms with Gasteiger partial charge >= 0.3 is 12.1 Å². The first-order valence-corrected chi connectivity index (χ1v) is 9.98. The molecule has 0 aromatic carbocycles. The van der Waals surface area contributed by atoms with E-state index in [1.165, 1.54) is 0 Å². The van der Waals surface area contributed by atoms with Crippen molar-refractivity contribution in [1.82, 2.24) is 26.6 Å². The number of alkyl carbamates (subject to hydrolysis) is 1. The first-order chi connectivity index (χ1) is 14.7. The fourth-order valence-electron chi connectivity index (χ4n) is 2.13. The molecule has 13 heteroatoms. The molecule has 182 valence electrons. The molecule has 13 nitrogen and oxygen atoms in total. The number of hydrogen-bond acceptors (Lipinski definition) is 7. The number of nitrogens with one attached hydrogen (secondary N) is 5. The highest BCUT2D eigenvalue weighted by Crippen LogP contribution is 2.06. The van der Waals surface area contributed by atoms with Crippen molar-refractivity contribution in [2.75, 3.05) is 26.2 Å². The third-order valence-corrected chi connectivity index (χ3v) is 3.47. The second kappa shape index (κ2) is 13.8. The molecule has 6 N–H and O–H groups in total. The van der Waals surface area contributed by atoms with Gasteiger partial charge in [-0.1, -0.05) is 13.8 Å². The molecule has 0 aromatic rings. The van der Waals surface area contributed by atoms with Crippen molar-refractivity contribution in [3.05, 3.63) is 0 Å². The van der Waals surface area contributed by atoms with Gasteiger partial charge in [-0.2, -0.15) is 0 Å². The van der Waals surface area contributed by atoms with Crippen LogP contribution in [-0.4, -0.2) is 78.6 Å². The molecule has 0 unspecified atom stereocenters. The summed E-state index contributed by atoms with van der Waals surface area (Å²) in [6.07, 6.45) is -0.541. The molecule has 0 aliphatic heterocycles. The van der Waals surface area contributed by atoms with E-state index in [1.807, 2.05) is 13.8 Å². The van der Waals surface area contributed by atoms with Crippen LogP contribution < -0.4 is 26.6 Å². The number of carbonyl (C=O) groups excluding carboxylic acids is 5. The van der Waals surface area contributed by atoms with Crippen LogP contribution >= 0.6 is 0 Å². The third-order valence-electron chi connectivity index (χ3n) is 3.47. The van der Waals surface area contributed by atoms with Crippen molar-refractivity contribution >= 4 is 35.7 Å².